The van der Waals surface area contributed by atoms with Gasteiger partial charge in [0.2, 0.25) is 0 Å². The molecule has 2 aliphatic carbocycles. The van der Waals surface area contributed by atoms with Crippen LogP contribution < -0.4 is 5.73 Å². The molecule has 2 fully saturated rings. The Morgan fingerprint density at radius 2 is 1.70 bits per heavy atom. The Labute approximate surface area is 260 Å². The smallest absolute Gasteiger partial charge is 0.162 e. The van der Waals surface area contributed by atoms with Crippen molar-refractivity contribution in [3.8, 4) is 0 Å². The average Bonchev–Trinajstić information content (AvgIpc) is 3.35. The van der Waals surface area contributed by atoms with Gasteiger partial charge in [-0.15, -0.1) is 0 Å². The van der Waals surface area contributed by atoms with Crippen molar-refractivity contribution >= 4 is 28.2 Å². The molecule has 0 saturated heterocycles. The highest BCUT2D eigenvalue weighted by Crippen LogP contribution is 2.45. The van der Waals surface area contributed by atoms with Crippen LogP contribution in [0.1, 0.15) is 115 Å². The molecule has 5 rings (SSSR count). The molecule has 1 aromatic heterocycles. The summed E-state index contributed by atoms with van der Waals surface area (Å²) in [6.45, 7) is 9.75. The maximum atomic E-state index is 14.4. The molecule has 1 heterocycles. The number of allylic oxidation sites excluding steroid dienone is 2. The molecule has 3 aromatic rings. The molecule has 2 aromatic carbocycles. The second kappa shape index (κ2) is 13.3. The number of rotatable bonds is 7. The Bertz CT molecular complexity index is 1560. The lowest BCUT2D eigenvalue weighted by atomic mass is 9.69. The minimum atomic E-state index is -0.867. The van der Waals surface area contributed by atoms with Crippen molar-refractivity contribution < 1.29 is 18.4 Å². The molecule has 0 spiro atoms. The number of nitrogens with two attached hydrogens (primary N) is 1. The van der Waals surface area contributed by atoms with Crippen molar-refractivity contribution in [2.45, 2.75) is 104 Å². The lowest BCUT2D eigenvalue weighted by molar-refractivity contribution is -0.126. The Balaban J connectivity index is 1.69. The Morgan fingerprint density at radius 3 is 2.34 bits per heavy atom. The van der Waals surface area contributed by atoms with E-state index in [0.717, 1.165) is 67.4 Å². The lowest BCUT2D eigenvalue weighted by Crippen LogP contribution is -2.34. The maximum absolute atomic E-state index is 14.4. The summed E-state index contributed by atoms with van der Waals surface area (Å²) in [6.07, 6.45) is 8.12. The fourth-order valence-corrected chi connectivity index (χ4v) is 7.84. The summed E-state index contributed by atoms with van der Waals surface area (Å²) in [4.78, 5) is 31.5. The molecule has 5 nitrogen and oxygen atoms in total. The summed E-state index contributed by atoms with van der Waals surface area (Å²) in [7, 11) is 0. The van der Waals surface area contributed by atoms with Crippen molar-refractivity contribution in [3.63, 3.8) is 0 Å². The molecule has 0 bridgehead atoms. The number of aromatic nitrogens is 2. The number of hydrogen-bond acceptors (Lipinski definition) is 4. The van der Waals surface area contributed by atoms with Gasteiger partial charge in [-0.3, -0.25) is 9.59 Å². The van der Waals surface area contributed by atoms with Crippen molar-refractivity contribution in [1.29, 1.82) is 0 Å². The van der Waals surface area contributed by atoms with E-state index >= 15 is 0 Å². The zero-order valence-electron chi connectivity index (χ0n) is 26.8. The molecule has 44 heavy (non-hydrogen) atoms. The number of imidazole rings is 1. The number of fused-ring (bicyclic) bond motifs is 1. The van der Waals surface area contributed by atoms with Gasteiger partial charge in [0.15, 0.2) is 17.4 Å². The molecule has 4 atom stereocenters. The highest BCUT2D eigenvalue weighted by atomic mass is 19.2. The van der Waals surface area contributed by atoms with Crippen LogP contribution in [0.3, 0.4) is 0 Å². The molecule has 236 valence electrons. The molecule has 4 unspecified atom stereocenters. The summed E-state index contributed by atoms with van der Waals surface area (Å²) in [6, 6.07) is 10.4. The maximum Gasteiger partial charge on any atom is 0.162 e. The molecule has 2 N–H and O–H groups in total. The quantitative estimate of drug-likeness (QED) is 0.274. The van der Waals surface area contributed by atoms with Gasteiger partial charge in [-0.1, -0.05) is 39.3 Å². The van der Waals surface area contributed by atoms with E-state index in [4.69, 9.17) is 10.7 Å². The summed E-state index contributed by atoms with van der Waals surface area (Å²) < 4.78 is 30.7. The average molecular weight is 604 g/mol. The van der Waals surface area contributed by atoms with E-state index in [1.807, 2.05) is 19.1 Å². The first-order chi connectivity index (χ1) is 21.0. The van der Waals surface area contributed by atoms with E-state index in [1.54, 1.807) is 13.0 Å². The van der Waals surface area contributed by atoms with Crippen LogP contribution in [-0.4, -0.2) is 21.1 Å². The third-order valence-corrected chi connectivity index (χ3v) is 10.5. The monoisotopic (exact) mass is 603 g/mol. The minimum absolute atomic E-state index is 0.0503. The Morgan fingerprint density at radius 1 is 0.977 bits per heavy atom. The van der Waals surface area contributed by atoms with Gasteiger partial charge in [0.1, 0.15) is 11.6 Å². The predicted octanol–water partition coefficient (Wildman–Crippen LogP) is 8.70. The number of ketones is 2. The topological polar surface area (TPSA) is 78.0 Å². The van der Waals surface area contributed by atoms with Gasteiger partial charge in [0, 0.05) is 35.6 Å². The van der Waals surface area contributed by atoms with Crippen LogP contribution in [0.5, 0.6) is 0 Å². The largest absolute Gasteiger partial charge is 0.402 e. The van der Waals surface area contributed by atoms with E-state index in [-0.39, 0.29) is 35.4 Å². The molecular formula is C37H47F2N3O2. The first-order valence-electron chi connectivity index (χ1n) is 16.4. The third kappa shape index (κ3) is 6.52. The highest BCUT2D eigenvalue weighted by molar-refractivity contribution is 6.20. The van der Waals surface area contributed by atoms with Crippen LogP contribution in [0.4, 0.5) is 8.78 Å². The molecule has 0 radical (unpaired) electrons. The number of carbonyl (C=O) groups excluding carboxylic acids is 2. The molecule has 7 heteroatoms. The van der Waals surface area contributed by atoms with Crippen LogP contribution in [0, 0.1) is 35.3 Å². The summed E-state index contributed by atoms with van der Waals surface area (Å²) in [5.41, 5.74) is 10.4. The normalized spacial score (nSPS) is 27.1. The van der Waals surface area contributed by atoms with Gasteiger partial charge in [0.25, 0.3) is 0 Å². The number of nitrogens with zero attached hydrogens (tertiary/aromatic N) is 2. The first kappa shape index (κ1) is 32.1. The van der Waals surface area contributed by atoms with Crippen molar-refractivity contribution in [3.05, 3.63) is 70.7 Å². The van der Waals surface area contributed by atoms with Gasteiger partial charge in [-0.2, -0.15) is 0 Å². The highest BCUT2D eigenvalue weighted by Gasteiger charge is 2.39. The summed E-state index contributed by atoms with van der Waals surface area (Å²) >= 11 is 0. The zero-order chi connectivity index (χ0) is 31.7. The molecule has 0 aliphatic heterocycles. The van der Waals surface area contributed by atoms with E-state index in [2.05, 4.69) is 24.5 Å². The Kier molecular flexibility index (Phi) is 9.71. The van der Waals surface area contributed by atoms with Crippen LogP contribution in [0.25, 0.3) is 16.6 Å². The second-order valence-electron chi connectivity index (χ2n) is 13.6. The van der Waals surface area contributed by atoms with Gasteiger partial charge in [0.05, 0.1) is 11.0 Å². The van der Waals surface area contributed by atoms with Gasteiger partial charge >= 0.3 is 0 Å². The van der Waals surface area contributed by atoms with Crippen molar-refractivity contribution in [2.24, 2.45) is 29.4 Å². The number of benzene rings is 2. The van der Waals surface area contributed by atoms with E-state index < -0.39 is 11.6 Å². The standard InChI is InChI=1S/C37H47F2N3O2/c1-6-25-9-14-29(30(22(3)35(44)19-25)17-26-10-15-31(38)32(39)18-26)37-41-33-20-27(36(23(4)40)24(5)43)11-16-34(33)42(37)28-12-7-21(2)8-13-28/h10-11,15-16,18,20-22,25,28-30H,6-9,12-14,17,19,40H2,1-5H3/b36-23+. The predicted molar refractivity (Wildman–Crippen MR) is 172 cm³/mol. The van der Waals surface area contributed by atoms with Crippen LogP contribution in [-0.2, 0) is 16.0 Å². The van der Waals surface area contributed by atoms with Gasteiger partial charge < -0.3 is 10.3 Å². The van der Waals surface area contributed by atoms with E-state index in [9.17, 15) is 18.4 Å². The van der Waals surface area contributed by atoms with Crippen molar-refractivity contribution in [2.75, 3.05) is 0 Å². The van der Waals surface area contributed by atoms with Crippen LogP contribution >= 0.6 is 0 Å². The fourth-order valence-electron chi connectivity index (χ4n) is 7.84. The summed E-state index contributed by atoms with van der Waals surface area (Å²) in [5.74, 6) is -0.0558. The number of carbonyl (C=O) groups is 2. The lowest BCUT2D eigenvalue weighted by Gasteiger charge is -2.37. The Hall–Kier alpha value is -3.35. The number of halogens is 2. The number of hydrogen-bond donors (Lipinski definition) is 1. The van der Waals surface area contributed by atoms with Crippen molar-refractivity contribution in [1.82, 2.24) is 9.55 Å². The zero-order valence-corrected chi connectivity index (χ0v) is 26.8. The number of Topliss-reactive ketones (excluding diaryl/α,β-unsaturated/α-hetero) is 2. The van der Waals surface area contributed by atoms with Gasteiger partial charge in [-0.05, 0) is 112 Å². The molecule has 0 amide bonds. The second-order valence-corrected chi connectivity index (χ2v) is 13.6. The fraction of sp³-hybridized carbons (Fsp3) is 0.541. The molecule has 2 aliphatic rings. The van der Waals surface area contributed by atoms with E-state index in [1.165, 1.54) is 19.1 Å². The minimum Gasteiger partial charge on any atom is -0.402 e. The van der Waals surface area contributed by atoms with Gasteiger partial charge in [-0.25, -0.2) is 13.8 Å². The molecular weight excluding hydrogens is 556 g/mol. The SMILES string of the molecule is CCC1CCC(c2nc3cc(/C(C(C)=O)=C(\C)N)ccc3n2C2CCC(C)CC2)C(Cc2ccc(F)c(F)c2)C(C)C(=O)C1. The van der Waals surface area contributed by atoms with Crippen LogP contribution in [0.15, 0.2) is 42.1 Å². The molecule has 2 saturated carbocycles. The third-order valence-electron chi connectivity index (χ3n) is 10.5. The first-order valence-corrected chi connectivity index (χ1v) is 16.4. The summed E-state index contributed by atoms with van der Waals surface area (Å²) in [5, 5.41) is 0. The van der Waals surface area contributed by atoms with E-state index in [0.29, 0.717) is 41.5 Å². The van der Waals surface area contributed by atoms with Crippen LogP contribution in [0.2, 0.25) is 0 Å².